The van der Waals surface area contributed by atoms with Crippen LogP contribution >= 0.6 is 0 Å². The highest BCUT2D eigenvalue weighted by atomic mass is 15.1. The lowest BCUT2D eigenvalue weighted by Gasteiger charge is -2.29. The van der Waals surface area contributed by atoms with Gasteiger partial charge < -0.3 is 16.0 Å². The van der Waals surface area contributed by atoms with Gasteiger partial charge in [0.25, 0.3) is 0 Å². The van der Waals surface area contributed by atoms with Crippen LogP contribution in [0, 0.1) is 0 Å². The molecule has 1 aliphatic rings. The smallest absolute Gasteiger partial charge is 0.112 e. The number of para-hydroxylation sites is 1. The summed E-state index contributed by atoms with van der Waals surface area (Å²) in [6.45, 7) is 0.635. The molecule has 0 amide bonds. The van der Waals surface area contributed by atoms with Gasteiger partial charge in [-0.15, -0.1) is 0 Å². The topological polar surface area (TPSA) is 69.9 Å². The third-order valence-electron chi connectivity index (χ3n) is 3.63. The molecule has 0 bridgehead atoms. The molecule has 90 valence electrons. The van der Waals surface area contributed by atoms with Crippen LogP contribution in [0.3, 0.4) is 0 Å². The fourth-order valence-corrected chi connectivity index (χ4v) is 2.54. The number of nitrogens with two attached hydrogens (primary N) is 2. The average Bonchev–Trinajstić information content (AvgIpc) is 2.58. The van der Waals surface area contributed by atoms with Crippen molar-refractivity contribution in [3.63, 3.8) is 0 Å². The lowest BCUT2D eigenvalue weighted by atomic mass is 9.92. The summed E-state index contributed by atoms with van der Waals surface area (Å²) in [4.78, 5) is 4.66. The Labute approximate surface area is 101 Å². The van der Waals surface area contributed by atoms with E-state index >= 15 is 0 Å². The van der Waals surface area contributed by atoms with Crippen LogP contribution < -0.4 is 11.5 Å². The Morgan fingerprint density at radius 3 is 2.82 bits per heavy atom. The Bertz CT molecular complexity index is 540. The minimum Gasteiger partial charge on any atom is -0.397 e. The van der Waals surface area contributed by atoms with E-state index in [1.165, 1.54) is 19.3 Å². The summed E-state index contributed by atoms with van der Waals surface area (Å²) >= 11 is 0. The van der Waals surface area contributed by atoms with Crippen molar-refractivity contribution in [3.05, 3.63) is 24.0 Å². The van der Waals surface area contributed by atoms with Gasteiger partial charge in [0, 0.05) is 12.5 Å². The highest BCUT2D eigenvalue weighted by Crippen LogP contribution is 2.36. The van der Waals surface area contributed by atoms with Crippen LogP contribution in [0.25, 0.3) is 11.0 Å². The van der Waals surface area contributed by atoms with Crippen molar-refractivity contribution >= 4 is 16.7 Å². The number of hydrogen-bond acceptors (Lipinski definition) is 3. The lowest BCUT2D eigenvalue weighted by Crippen LogP contribution is -2.20. The second-order valence-electron chi connectivity index (χ2n) is 4.74. The zero-order chi connectivity index (χ0) is 11.8. The van der Waals surface area contributed by atoms with Crippen molar-refractivity contribution in [3.8, 4) is 0 Å². The number of hydrogen-bond donors (Lipinski definition) is 2. The number of fused-ring (bicyclic) bond motifs is 1. The molecule has 1 aromatic heterocycles. The normalized spacial score (nSPS) is 16.3. The van der Waals surface area contributed by atoms with Gasteiger partial charge in [-0.05, 0) is 37.9 Å². The molecule has 1 saturated carbocycles. The number of aromatic nitrogens is 2. The zero-order valence-corrected chi connectivity index (χ0v) is 9.89. The molecule has 17 heavy (non-hydrogen) atoms. The van der Waals surface area contributed by atoms with Crippen LogP contribution in [0.2, 0.25) is 0 Å². The summed E-state index contributed by atoms with van der Waals surface area (Å²) in [5.74, 6) is 1.09. The molecule has 1 aliphatic carbocycles. The van der Waals surface area contributed by atoms with Gasteiger partial charge >= 0.3 is 0 Å². The summed E-state index contributed by atoms with van der Waals surface area (Å²) in [6, 6.07) is 6.62. The molecule has 0 atom stereocenters. The second-order valence-corrected chi connectivity index (χ2v) is 4.74. The SMILES string of the molecule is NCCc1nc2c(N)cccc2n1C1CCC1. The number of nitrogen functional groups attached to an aromatic ring is 1. The van der Waals surface area contributed by atoms with Gasteiger partial charge in [0.1, 0.15) is 11.3 Å². The number of imidazole rings is 1. The van der Waals surface area contributed by atoms with Crippen molar-refractivity contribution in [1.82, 2.24) is 9.55 Å². The fraction of sp³-hybridized carbons (Fsp3) is 0.462. The first kappa shape index (κ1) is 10.6. The summed E-state index contributed by atoms with van der Waals surface area (Å²) in [6.07, 6.45) is 4.63. The fourth-order valence-electron chi connectivity index (χ4n) is 2.54. The number of nitrogens with zero attached hydrogens (tertiary/aromatic N) is 2. The molecular formula is C13H18N4. The molecule has 1 aromatic carbocycles. The van der Waals surface area contributed by atoms with Crippen LogP contribution in [-0.4, -0.2) is 16.1 Å². The quantitative estimate of drug-likeness (QED) is 0.790. The van der Waals surface area contributed by atoms with Crippen molar-refractivity contribution in [1.29, 1.82) is 0 Å². The highest BCUT2D eigenvalue weighted by Gasteiger charge is 2.24. The minimum absolute atomic E-state index is 0.600. The van der Waals surface area contributed by atoms with Crippen molar-refractivity contribution in [2.75, 3.05) is 12.3 Å². The summed E-state index contributed by atoms with van der Waals surface area (Å²) < 4.78 is 2.35. The van der Waals surface area contributed by atoms with E-state index in [0.717, 1.165) is 29.0 Å². The van der Waals surface area contributed by atoms with E-state index in [9.17, 15) is 0 Å². The van der Waals surface area contributed by atoms with Gasteiger partial charge in [0.05, 0.1) is 11.2 Å². The molecule has 4 N–H and O–H groups in total. The van der Waals surface area contributed by atoms with Crippen molar-refractivity contribution in [2.24, 2.45) is 5.73 Å². The van der Waals surface area contributed by atoms with Gasteiger partial charge in [0.2, 0.25) is 0 Å². The third kappa shape index (κ3) is 1.60. The van der Waals surface area contributed by atoms with Crippen LogP contribution in [-0.2, 0) is 6.42 Å². The Balaban J connectivity index is 2.19. The molecule has 1 heterocycles. The van der Waals surface area contributed by atoms with Gasteiger partial charge in [-0.25, -0.2) is 4.98 Å². The molecule has 0 unspecified atom stereocenters. The van der Waals surface area contributed by atoms with Gasteiger partial charge in [-0.2, -0.15) is 0 Å². The third-order valence-corrected chi connectivity index (χ3v) is 3.63. The van der Waals surface area contributed by atoms with Crippen LogP contribution in [0.15, 0.2) is 18.2 Å². The van der Waals surface area contributed by atoms with E-state index < -0.39 is 0 Å². The molecule has 0 radical (unpaired) electrons. The molecule has 3 rings (SSSR count). The summed E-state index contributed by atoms with van der Waals surface area (Å²) in [5.41, 5.74) is 14.5. The van der Waals surface area contributed by atoms with Gasteiger partial charge in [0.15, 0.2) is 0 Å². The maximum absolute atomic E-state index is 5.99. The lowest BCUT2D eigenvalue weighted by molar-refractivity contribution is 0.313. The minimum atomic E-state index is 0.600. The molecule has 0 aliphatic heterocycles. The first-order chi connectivity index (χ1) is 8.31. The molecule has 2 aromatic rings. The largest absolute Gasteiger partial charge is 0.397 e. The molecule has 1 fully saturated rings. The maximum Gasteiger partial charge on any atom is 0.112 e. The Morgan fingerprint density at radius 1 is 1.35 bits per heavy atom. The van der Waals surface area contributed by atoms with E-state index in [2.05, 4.69) is 15.6 Å². The van der Waals surface area contributed by atoms with Crippen LogP contribution in [0.4, 0.5) is 5.69 Å². The van der Waals surface area contributed by atoms with Crippen molar-refractivity contribution in [2.45, 2.75) is 31.7 Å². The van der Waals surface area contributed by atoms with Gasteiger partial charge in [-0.3, -0.25) is 0 Å². The first-order valence-electron chi connectivity index (χ1n) is 6.26. The molecule has 4 heteroatoms. The second kappa shape index (κ2) is 4.04. The van der Waals surface area contributed by atoms with E-state index in [0.29, 0.717) is 12.6 Å². The first-order valence-corrected chi connectivity index (χ1v) is 6.26. The number of rotatable bonds is 3. The van der Waals surface area contributed by atoms with Crippen LogP contribution in [0.5, 0.6) is 0 Å². The Hall–Kier alpha value is -1.55. The van der Waals surface area contributed by atoms with Gasteiger partial charge in [-0.1, -0.05) is 6.07 Å². The Morgan fingerprint density at radius 2 is 2.18 bits per heavy atom. The molecular weight excluding hydrogens is 212 g/mol. The summed E-state index contributed by atoms with van der Waals surface area (Å²) in [7, 11) is 0. The highest BCUT2D eigenvalue weighted by molar-refractivity contribution is 5.87. The monoisotopic (exact) mass is 230 g/mol. The Kier molecular flexibility index (Phi) is 2.52. The van der Waals surface area contributed by atoms with E-state index in [-0.39, 0.29) is 0 Å². The van der Waals surface area contributed by atoms with E-state index in [1.807, 2.05) is 12.1 Å². The molecule has 0 spiro atoms. The van der Waals surface area contributed by atoms with E-state index in [1.54, 1.807) is 0 Å². The van der Waals surface area contributed by atoms with Crippen molar-refractivity contribution < 1.29 is 0 Å². The predicted molar refractivity (Wildman–Crippen MR) is 69.8 cm³/mol. The maximum atomic E-state index is 5.99. The number of anilines is 1. The molecule has 0 saturated heterocycles. The summed E-state index contributed by atoms with van der Waals surface area (Å²) in [5, 5.41) is 0. The van der Waals surface area contributed by atoms with E-state index in [4.69, 9.17) is 11.5 Å². The number of benzene rings is 1. The zero-order valence-electron chi connectivity index (χ0n) is 9.89. The van der Waals surface area contributed by atoms with Crippen LogP contribution in [0.1, 0.15) is 31.1 Å². The predicted octanol–water partition coefficient (Wildman–Crippen LogP) is 1.84. The average molecular weight is 230 g/mol. The standard InChI is InChI=1S/C13H18N4/c14-8-7-12-16-13-10(15)5-2-6-11(13)17(12)9-3-1-4-9/h2,5-6,9H,1,3-4,7-8,14-15H2. The molecule has 4 nitrogen and oxygen atoms in total.